The second-order valence-corrected chi connectivity index (χ2v) is 7.03. The lowest BCUT2D eigenvalue weighted by Gasteiger charge is -2.10. The fraction of sp³-hybridized carbons (Fsp3) is 0.333. The average Bonchev–Trinajstić information content (AvgIpc) is 2.67. The molecule has 0 N–H and O–H groups in total. The van der Waals surface area contributed by atoms with Gasteiger partial charge in [0, 0.05) is 5.56 Å². The molecule has 142 valence electrons. The third kappa shape index (κ3) is 5.53. The highest BCUT2D eigenvalue weighted by atomic mass is 19.1. The summed E-state index contributed by atoms with van der Waals surface area (Å²) in [5, 5.41) is 1.71. The van der Waals surface area contributed by atoms with Gasteiger partial charge in [0.05, 0.1) is 0 Å². The van der Waals surface area contributed by atoms with E-state index < -0.39 is 0 Å². The molecular weight excluding hydrogens is 342 g/mol. The molecule has 3 rings (SSSR count). The summed E-state index contributed by atoms with van der Waals surface area (Å²) in [6, 6.07) is 15.5. The average molecular weight is 368 g/mol. The summed E-state index contributed by atoms with van der Waals surface area (Å²) in [7, 11) is 0. The van der Waals surface area contributed by atoms with Gasteiger partial charge in [-0.25, -0.2) is 8.78 Å². The minimum Gasteiger partial charge on any atom is -0.489 e. The Labute approximate surface area is 160 Å². The fourth-order valence-electron chi connectivity index (χ4n) is 3.24. The van der Waals surface area contributed by atoms with Crippen LogP contribution in [0.25, 0.3) is 10.8 Å². The maximum absolute atomic E-state index is 14.4. The molecule has 0 spiro atoms. The quantitative estimate of drug-likeness (QED) is 0.363. The maximum atomic E-state index is 14.4. The lowest BCUT2D eigenvalue weighted by molar-refractivity contribution is 0.300. The summed E-state index contributed by atoms with van der Waals surface area (Å²) in [4.78, 5) is 0. The SMILES string of the molecule is CCCCCCCc1ccc(COc2ccc3cc(F)ccc3c2)c(F)c1. The summed E-state index contributed by atoms with van der Waals surface area (Å²) >= 11 is 0. The third-order valence-corrected chi connectivity index (χ3v) is 4.85. The monoisotopic (exact) mass is 368 g/mol. The van der Waals surface area contributed by atoms with E-state index in [-0.39, 0.29) is 18.2 Å². The molecule has 0 saturated heterocycles. The number of benzene rings is 3. The molecule has 0 aliphatic heterocycles. The van der Waals surface area contributed by atoms with Gasteiger partial charge in [0.25, 0.3) is 0 Å². The van der Waals surface area contributed by atoms with Crippen LogP contribution in [0.5, 0.6) is 5.75 Å². The number of unbranched alkanes of at least 4 members (excludes halogenated alkanes) is 4. The molecule has 3 heteroatoms. The molecule has 0 unspecified atom stereocenters. The van der Waals surface area contributed by atoms with E-state index in [1.54, 1.807) is 18.2 Å². The number of aryl methyl sites for hydroxylation is 1. The first-order valence-corrected chi connectivity index (χ1v) is 9.75. The lowest BCUT2D eigenvalue weighted by Crippen LogP contribution is -2.00. The predicted octanol–water partition coefficient (Wildman–Crippen LogP) is 7.21. The molecule has 0 heterocycles. The van der Waals surface area contributed by atoms with Gasteiger partial charge in [0.15, 0.2) is 0 Å². The number of rotatable bonds is 9. The Bertz CT molecular complexity index is 889. The van der Waals surface area contributed by atoms with Gasteiger partial charge in [-0.2, -0.15) is 0 Å². The molecule has 3 aromatic carbocycles. The topological polar surface area (TPSA) is 9.23 Å². The highest BCUT2D eigenvalue weighted by molar-refractivity contribution is 5.83. The molecule has 0 radical (unpaired) electrons. The number of hydrogen-bond donors (Lipinski definition) is 0. The molecule has 0 aliphatic rings. The van der Waals surface area contributed by atoms with Crippen LogP contribution in [0.2, 0.25) is 0 Å². The van der Waals surface area contributed by atoms with Crippen LogP contribution in [0, 0.1) is 11.6 Å². The zero-order valence-corrected chi connectivity index (χ0v) is 15.8. The van der Waals surface area contributed by atoms with E-state index >= 15 is 0 Å². The standard InChI is InChI=1S/C24H26F2O/c1-2-3-4-5-6-7-18-8-9-21(24(26)14-18)17-27-23-13-11-19-15-22(25)12-10-20(19)16-23/h8-16H,2-7,17H2,1H3. The number of ether oxygens (including phenoxy) is 1. The maximum Gasteiger partial charge on any atom is 0.130 e. The summed E-state index contributed by atoms with van der Waals surface area (Å²) in [5.74, 6) is 0.168. The van der Waals surface area contributed by atoms with Crippen molar-refractivity contribution in [3.05, 3.63) is 77.4 Å². The molecule has 1 nitrogen and oxygen atoms in total. The Balaban J connectivity index is 1.57. The van der Waals surface area contributed by atoms with Crippen molar-refractivity contribution in [3.63, 3.8) is 0 Å². The van der Waals surface area contributed by atoms with Gasteiger partial charge in [-0.1, -0.05) is 56.9 Å². The van der Waals surface area contributed by atoms with Crippen molar-refractivity contribution in [1.29, 1.82) is 0 Å². The molecule has 27 heavy (non-hydrogen) atoms. The molecule has 0 fully saturated rings. The van der Waals surface area contributed by atoms with Gasteiger partial charge in [0.2, 0.25) is 0 Å². The third-order valence-electron chi connectivity index (χ3n) is 4.85. The molecule has 0 atom stereocenters. The molecule has 0 aliphatic carbocycles. The van der Waals surface area contributed by atoms with E-state index in [1.807, 2.05) is 24.3 Å². The predicted molar refractivity (Wildman–Crippen MR) is 107 cm³/mol. The van der Waals surface area contributed by atoms with Crippen molar-refractivity contribution in [2.24, 2.45) is 0 Å². The Morgan fingerprint density at radius 1 is 0.778 bits per heavy atom. The fourth-order valence-corrected chi connectivity index (χ4v) is 3.24. The Morgan fingerprint density at radius 3 is 2.37 bits per heavy atom. The van der Waals surface area contributed by atoms with Gasteiger partial charge in [-0.05, 0) is 59.5 Å². The molecule has 0 amide bonds. The van der Waals surface area contributed by atoms with Crippen molar-refractivity contribution in [1.82, 2.24) is 0 Å². The zero-order valence-electron chi connectivity index (χ0n) is 15.8. The smallest absolute Gasteiger partial charge is 0.130 e. The van der Waals surface area contributed by atoms with E-state index in [9.17, 15) is 8.78 Å². The summed E-state index contributed by atoms with van der Waals surface area (Å²) < 4.78 is 33.3. The molecule has 0 saturated carbocycles. The van der Waals surface area contributed by atoms with Gasteiger partial charge in [0.1, 0.15) is 24.0 Å². The highest BCUT2D eigenvalue weighted by Crippen LogP contribution is 2.23. The minimum absolute atomic E-state index is 0.176. The molecule has 3 aromatic rings. The lowest BCUT2D eigenvalue weighted by atomic mass is 10.0. The summed E-state index contributed by atoms with van der Waals surface area (Å²) in [6.45, 7) is 2.38. The van der Waals surface area contributed by atoms with E-state index in [0.717, 1.165) is 29.2 Å². The summed E-state index contributed by atoms with van der Waals surface area (Å²) in [6.07, 6.45) is 6.98. The van der Waals surface area contributed by atoms with Crippen LogP contribution in [0.3, 0.4) is 0 Å². The minimum atomic E-state index is -0.260. The summed E-state index contributed by atoms with van der Waals surface area (Å²) in [5.41, 5.74) is 1.59. The Hall–Kier alpha value is -2.42. The van der Waals surface area contributed by atoms with Gasteiger partial charge < -0.3 is 4.74 Å². The largest absolute Gasteiger partial charge is 0.489 e. The van der Waals surface area contributed by atoms with E-state index in [4.69, 9.17) is 4.74 Å². The molecule has 0 bridgehead atoms. The molecular formula is C24H26F2O. The first-order chi connectivity index (χ1) is 13.2. The number of halogens is 2. The van der Waals surface area contributed by atoms with E-state index in [2.05, 4.69) is 6.92 Å². The second-order valence-electron chi connectivity index (χ2n) is 7.03. The van der Waals surface area contributed by atoms with Gasteiger partial charge in [-0.3, -0.25) is 0 Å². The van der Waals surface area contributed by atoms with Crippen molar-refractivity contribution in [2.75, 3.05) is 0 Å². The first kappa shape index (κ1) is 19.3. The van der Waals surface area contributed by atoms with Crippen molar-refractivity contribution in [2.45, 2.75) is 52.1 Å². The van der Waals surface area contributed by atoms with Crippen molar-refractivity contribution >= 4 is 10.8 Å². The van der Waals surface area contributed by atoms with Crippen LogP contribution in [-0.2, 0) is 13.0 Å². The zero-order chi connectivity index (χ0) is 19.1. The Kier molecular flexibility index (Phi) is 6.80. The Morgan fingerprint density at radius 2 is 1.56 bits per heavy atom. The van der Waals surface area contributed by atoms with Crippen LogP contribution in [-0.4, -0.2) is 0 Å². The van der Waals surface area contributed by atoms with Crippen molar-refractivity contribution in [3.8, 4) is 5.75 Å². The van der Waals surface area contributed by atoms with E-state index in [1.165, 1.54) is 37.8 Å². The van der Waals surface area contributed by atoms with Gasteiger partial charge in [-0.15, -0.1) is 0 Å². The normalized spacial score (nSPS) is 11.1. The van der Waals surface area contributed by atoms with Gasteiger partial charge >= 0.3 is 0 Å². The number of hydrogen-bond acceptors (Lipinski definition) is 1. The second kappa shape index (κ2) is 9.50. The number of fused-ring (bicyclic) bond motifs is 1. The van der Waals surface area contributed by atoms with E-state index in [0.29, 0.717) is 11.3 Å². The van der Waals surface area contributed by atoms with Crippen LogP contribution >= 0.6 is 0 Å². The first-order valence-electron chi connectivity index (χ1n) is 9.75. The highest BCUT2D eigenvalue weighted by Gasteiger charge is 2.06. The molecule has 0 aromatic heterocycles. The van der Waals surface area contributed by atoms with Crippen LogP contribution in [0.1, 0.15) is 50.2 Å². The van der Waals surface area contributed by atoms with Crippen molar-refractivity contribution < 1.29 is 13.5 Å². The van der Waals surface area contributed by atoms with Crippen LogP contribution < -0.4 is 4.74 Å². The van der Waals surface area contributed by atoms with Crippen LogP contribution in [0.4, 0.5) is 8.78 Å². The van der Waals surface area contributed by atoms with Crippen LogP contribution in [0.15, 0.2) is 54.6 Å².